The van der Waals surface area contributed by atoms with Crippen molar-refractivity contribution in [2.24, 2.45) is 0 Å². The van der Waals surface area contributed by atoms with Crippen LogP contribution in [0.15, 0.2) is 24.3 Å². The van der Waals surface area contributed by atoms with Gasteiger partial charge in [-0.2, -0.15) is 4.98 Å². The maximum atomic E-state index is 12.5. The van der Waals surface area contributed by atoms with Gasteiger partial charge in [0.1, 0.15) is 0 Å². The molecule has 28 heavy (non-hydrogen) atoms. The van der Waals surface area contributed by atoms with Crippen molar-refractivity contribution in [3.63, 3.8) is 0 Å². The number of fused-ring (bicyclic) bond motifs is 3. The van der Waals surface area contributed by atoms with E-state index in [2.05, 4.69) is 36.5 Å². The van der Waals surface area contributed by atoms with Crippen molar-refractivity contribution in [3.05, 3.63) is 40.4 Å². The first-order chi connectivity index (χ1) is 13.7. The van der Waals surface area contributed by atoms with Crippen molar-refractivity contribution in [1.29, 1.82) is 0 Å². The Bertz CT molecular complexity index is 1000. The summed E-state index contributed by atoms with van der Waals surface area (Å²) < 4.78 is 7.53. The van der Waals surface area contributed by atoms with Gasteiger partial charge in [0.2, 0.25) is 4.96 Å². The molecule has 2 aliphatic heterocycles. The maximum Gasteiger partial charge on any atom is 0.317 e. The van der Waals surface area contributed by atoms with E-state index in [1.807, 2.05) is 9.42 Å². The highest BCUT2D eigenvalue weighted by molar-refractivity contribution is 7.17. The Labute approximate surface area is 167 Å². The van der Waals surface area contributed by atoms with E-state index < -0.39 is 0 Å². The summed E-state index contributed by atoms with van der Waals surface area (Å²) in [5, 5.41) is 7.74. The van der Waals surface area contributed by atoms with Crippen LogP contribution >= 0.6 is 11.3 Å². The molecule has 2 amide bonds. The summed E-state index contributed by atoms with van der Waals surface area (Å²) in [7, 11) is 0. The van der Waals surface area contributed by atoms with Crippen molar-refractivity contribution in [1.82, 2.24) is 24.8 Å². The molecule has 1 fully saturated rings. The first kappa shape index (κ1) is 17.6. The van der Waals surface area contributed by atoms with Gasteiger partial charge < -0.3 is 15.0 Å². The highest BCUT2D eigenvalue weighted by Gasteiger charge is 2.27. The van der Waals surface area contributed by atoms with Crippen molar-refractivity contribution in [3.8, 4) is 11.4 Å². The minimum absolute atomic E-state index is 0.0134. The summed E-state index contributed by atoms with van der Waals surface area (Å²) in [5.41, 5.74) is 3.43. The predicted octanol–water partition coefficient (Wildman–Crippen LogP) is 3.01. The molecular formula is C20H23N5O2S. The molecule has 3 aromatic rings. The van der Waals surface area contributed by atoms with Gasteiger partial charge in [-0.05, 0) is 19.8 Å². The number of aromatic nitrogens is 3. The number of amides is 2. The van der Waals surface area contributed by atoms with Gasteiger partial charge in [-0.15, -0.1) is 5.10 Å². The number of benzene rings is 1. The quantitative estimate of drug-likeness (QED) is 0.737. The Morgan fingerprint density at radius 3 is 3.00 bits per heavy atom. The number of rotatable bonds is 3. The number of urea groups is 1. The molecule has 1 N–H and O–H groups in total. The molecule has 5 rings (SSSR count). The van der Waals surface area contributed by atoms with Gasteiger partial charge in [0.25, 0.3) is 0 Å². The van der Waals surface area contributed by atoms with Crippen LogP contribution in [0.25, 0.3) is 16.3 Å². The number of carbonyl (C=O) groups excluding carboxylic acids is 1. The van der Waals surface area contributed by atoms with Crippen molar-refractivity contribution in [2.75, 3.05) is 19.7 Å². The van der Waals surface area contributed by atoms with Crippen LogP contribution in [0.5, 0.6) is 0 Å². The number of nitrogens with one attached hydrogen (secondary N) is 1. The molecule has 2 aromatic heterocycles. The van der Waals surface area contributed by atoms with E-state index in [1.165, 1.54) is 16.1 Å². The van der Waals surface area contributed by atoms with Crippen LogP contribution in [0.1, 0.15) is 29.0 Å². The van der Waals surface area contributed by atoms with Crippen LogP contribution in [-0.2, 0) is 17.7 Å². The van der Waals surface area contributed by atoms with E-state index in [-0.39, 0.29) is 12.1 Å². The molecule has 0 radical (unpaired) electrons. The summed E-state index contributed by atoms with van der Waals surface area (Å²) >= 11 is 1.63. The Morgan fingerprint density at radius 2 is 2.21 bits per heavy atom. The molecule has 0 aliphatic carbocycles. The molecule has 7 nitrogen and oxygen atoms in total. The van der Waals surface area contributed by atoms with Gasteiger partial charge in [0.15, 0.2) is 5.82 Å². The second-order valence-corrected chi connectivity index (χ2v) is 8.52. The summed E-state index contributed by atoms with van der Waals surface area (Å²) in [5.74, 6) is 0.755. The number of nitrogens with zero attached hydrogens (tertiary/aromatic N) is 4. The monoisotopic (exact) mass is 397 g/mol. The molecule has 1 aromatic carbocycles. The summed E-state index contributed by atoms with van der Waals surface area (Å²) in [6.45, 7) is 4.78. The largest absolute Gasteiger partial charge is 0.376 e. The maximum absolute atomic E-state index is 12.5. The Kier molecular flexibility index (Phi) is 4.52. The standard InChI is InChI=1S/C20H23N5O2S/c1-13-4-6-14(7-5-13)18-22-20-25(23-18)16-8-9-24(12-17(16)28-20)19(26)21-11-15-3-2-10-27-15/h4-7,15H,2-3,8-12H2,1H3,(H,21,26). The van der Waals surface area contributed by atoms with Crippen LogP contribution in [-0.4, -0.2) is 51.3 Å². The van der Waals surface area contributed by atoms with E-state index in [9.17, 15) is 4.79 Å². The van der Waals surface area contributed by atoms with E-state index in [4.69, 9.17) is 14.8 Å². The predicted molar refractivity (Wildman–Crippen MR) is 108 cm³/mol. The molecular weight excluding hydrogens is 374 g/mol. The van der Waals surface area contributed by atoms with Crippen LogP contribution < -0.4 is 5.32 Å². The molecule has 4 heterocycles. The normalized spacial score (nSPS) is 19.2. The number of hydrogen-bond donors (Lipinski definition) is 1. The highest BCUT2D eigenvalue weighted by Crippen LogP contribution is 2.29. The van der Waals surface area contributed by atoms with Crippen LogP contribution in [0.4, 0.5) is 4.79 Å². The topological polar surface area (TPSA) is 71.8 Å². The molecule has 8 heteroatoms. The number of thiazole rings is 1. The third kappa shape index (κ3) is 3.27. The van der Waals surface area contributed by atoms with Crippen molar-refractivity contribution >= 4 is 22.3 Å². The lowest BCUT2D eigenvalue weighted by Gasteiger charge is -2.27. The fourth-order valence-corrected chi connectivity index (χ4v) is 4.92. The first-order valence-corrected chi connectivity index (χ1v) is 10.6. The molecule has 1 saturated heterocycles. The molecule has 0 bridgehead atoms. The van der Waals surface area contributed by atoms with Crippen LogP contribution in [0.2, 0.25) is 0 Å². The fourth-order valence-electron chi connectivity index (χ4n) is 3.81. The number of aryl methyl sites for hydroxylation is 1. The summed E-state index contributed by atoms with van der Waals surface area (Å²) in [6.07, 6.45) is 3.07. The second-order valence-electron chi connectivity index (χ2n) is 7.46. The molecule has 1 atom stereocenters. The van der Waals surface area contributed by atoms with Crippen LogP contribution in [0.3, 0.4) is 0 Å². The summed E-state index contributed by atoms with van der Waals surface area (Å²) in [6, 6.07) is 8.25. The number of ether oxygens (including phenoxy) is 1. The first-order valence-electron chi connectivity index (χ1n) is 9.76. The van der Waals surface area contributed by atoms with Gasteiger partial charge in [0.05, 0.1) is 18.3 Å². The number of carbonyl (C=O) groups is 1. The van der Waals surface area contributed by atoms with E-state index in [0.29, 0.717) is 19.6 Å². The zero-order chi connectivity index (χ0) is 19.1. The number of hydrogen-bond acceptors (Lipinski definition) is 5. The lowest BCUT2D eigenvalue weighted by molar-refractivity contribution is 0.108. The van der Waals surface area contributed by atoms with E-state index in [1.54, 1.807) is 11.3 Å². The summed E-state index contributed by atoms with van der Waals surface area (Å²) in [4.78, 5) is 21.2. The SMILES string of the molecule is Cc1ccc(-c2nc3sc4c(n3n2)CCN(C(=O)NCC2CCCO2)C4)cc1. The van der Waals surface area contributed by atoms with Gasteiger partial charge in [-0.25, -0.2) is 9.31 Å². The zero-order valence-electron chi connectivity index (χ0n) is 15.9. The Morgan fingerprint density at radius 1 is 1.36 bits per heavy atom. The van der Waals surface area contributed by atoms with Crippen LogP contribution in [0, 0.1) is 6.92 Å². The lowest BCUT2D eigenvalue weighted by atomic mass is 10.1. The average Bonchev–Trinajstić information content (AvgIpc) is 3.42. The fraction of sp³-hybridized carbons (Fsp3) is 0.450. The zero-order valence-corrected chi connectivity index (χ0v) is 16.7. The van der Waals surface area contributed by atoms with Gasteiger partial charge in [-0.3, -0.25) is 0 Å². The second kappa shape index (κ2) is 7.18. The van der Waals surface area contributed by atoms with Crippen molar-refractivity contribution in [2.45, 2.75) is 38.8 Å². The Balaban J connectivity index is 1.30. The highest BCUT2D eigenvalue weighted by atomic mass is 32.1. The molecule has 1 unspecified atom stereocenters. The molecule has 2 aliphatic rings. The molecule has 0 spiro atoms. The average molecular weight is 398 g/mol. The smallest absolute Gasteiger partial charge is 0.317 e. The third-order valence-electron chi connectivity index (χ3n) is 5.42. The Hall–Kier alpha value is -2.45. The third-order valence-corrected chi connectivity index (χ3v) is 6.48. The van der Waals surface area contributed by atoms with Gasteiger partial charge in [0, 0.05) is 36.6 Å². The van der Waals surface area contributed by atoms with Gasteiger partial charge >= 0.3 is 6.03 Å². The molecule has 0 saturated carbocycles. The van der Waals surface area contributed by atoms with E-state index in [0.717, 1.165) is 42.2 Å². The van der Waals surface area contributed by atoms with Gasteiger partial charge in [-0.1, -0.05) is 41.2 Å². The minimum Gasteiger partial charge on any atom is -0.376 e. The lowest BCUT2D eigenvalue weighted by Crippen LogP contribution is -2.44. The van der Waals surface area contributed by atoms with E-state index >= 15 is 0 Å². The minimum atomic E-state index is -0.0134. The molecule has 146 valence electrons. The van der Waals surface area contributed by atoms with Crippen molar-refractivity contribution < 1.29 is 9.53 Å².